The molecule has 268 valence electrons. The molecule has 52 heavy (non-hydrogen) atoms. The van der Waals surface area contributed by atoms with E-state index in [0.29, 0.717) is 23.1 Å². The average molecular weight is 699 g/mol. The third kappa shape index (κ3) is 5.71. The Morgan fingerprint density at radius 2 is 1.52 bits per heavy atom. The first kappa shape index (κ1) is 35.2. The van der Waals surface area contributed by atoms with Crippen LogP contribution in [0.2, 0.25) is 0 Å². The van der Waals surface area contributed by atoms with E-state index < -0.39 is 28.7 Å². The lowest BCUT2D eigenvalue weighted by molar-refractivity contribution is -0.153. The predicted molar refractivity (Wildman–Crippen MR) is 202 cm³/mol. The van der Waals surface area contributed by atoms with Crippen molar-refractivity contribution in [1.82, 2.24) is 0 Å². The summed E-state index contributed by atoms with van der Waals surface area (Å²) in [4.78, 5) is 40.7. The van der Waals surface area contributed by atoms with Gasteiger partial charge in [-0.25, -0.2) is 4.79 Å². The minimum atomic E-state index is -1.64. The third-order valence-electron chi connectivity index (χ3n) is 11.2. The lowest BCUT2D eigenvalue weighted by Gasteiger charge is -2.37. The molecule has 2 heterocycles. The number of ketones is 2. The number of aliphatic hydroxyl groups excluding tert-OH is 1. The fourth-order valence-corrected chi connectivity index (χ4v) is 8.42. The van der Waals surface area contributed by atoms with E-state index in [1.807, 2.05) is 44.2 Å². The minimum absolute atomic E-state index is 0.219. The summed E-state index contributed by atoms with van der Waals surface area (Å²) < 4.78 is 16.7. The molecule has 0 saturated carbocycles. The number of benzene rings is 3. The number of fused-ring (bicyclic) bond motifs is 5. The molecule has 0 aromatic heterocycles. The van der Waals surface area contributed by atoms with E-state index in [0.717, 1.165) is 72.6 Å². The molecule has 0 fully saturated rings. The van der Waals surface area contributed by atoms with Gasteiger partial charge in [0.1, 0.15) is 22.7 Å². The Labute approximate surface area is 305 Å². The molecule has 0 spiro atoms. The van der Waals surface area contributed by atoms with Gasteiger partial charge in [-0.2, -0.15) is 0 Å². The fraction of sp³-hybridized carbons (Fsp3) is 0.356. The Morgan fingerprint density at radius 3 is 2.17 bits per heavy atom. The Hall–Kier alpha value is -5.17. The number of hydrogen-bond donors (Lipinski definition) is 1. The van der Waals surface area contributed by atoms with E-state index in [2.05, 4.69) is 44.2 Å². The first-order valence-corrected chi connectivity index (χ1v) is 18.4. The van der Waals surface area contributed by atoms with Crippen LogP contribution >= 0.6 is 0 Å². The molecular formula is C45H46O7. The van der Waals surface area contributed by atoms with Gasteiger partial charge in [0.2, 0.25) is 5.78 Å². The standard InChI is InChI=1S/C45H46O7/c1-7-9-19-45(20-10-8-2)35-21-28(27-11-15-31(50-6)16-12-27)13-17-32(35)33-18-14-29(22-36(33)45)38(46)24-39(47)40-37-23-30-25-43(3,4)51-26-34(30)41(48)44(37,5)52-42(40)49/h11-18,21-24,26,46H,7-10,19-20,25H2,1-6H3/b38-24-. The largest absolute Gasteiger partial charge is 0.507 e. The molecule has 0 bridgehead atoms. The van der Waals surface area contributed by atoms with Crippen LogP contribution in [0.1, 0.15) is 96.3 Å². The van der Waals surface area contributed by atoms with Gasteiger partial charge < -0.3 is 19.3 Å². The molecule has 1 atom stereocenters. The summed E-state index contributed by atoms with van der Waals surface area (Å²) >= 11 is 0. The van der Waals surface area contributed by atoms with Crippen LogP contribution in [0.3, 0.4) is 0 Å². The highest BCUT2D eigenvalue weighted by atomic mass is 16.6. The van der Waals surface area contributed by atoms with Gasteiger partial charge in [-0.1, -0.05) is 75.9 Å². The van der Waals surface area contributed by atoms with Gasteiger partial charge >= 0.3 is 5.97 Å². The van der Waals surface area contributed by atoms with Gasteiger partial charge in [0.25, 0.3) is 0 Å². The van der Waals surface area contributed by atoms with Crippen molar-refractivity contribution >= 4 is 23.3 Å². The lowest BCUT2D eigenvalue weighted by Crippen LogP contribution is -2.43. The van der Waals surface area contributed by atoms with Crippen molar-refractivity contribution in [3.63, 3.8) is 0 Å². The van der Waals surface area contributed by atoms with E-state index >= 15 is 0 Å². The van der Waals surface area contributed by atoms with Crippen LogP contribution in [-0.4, -0.2) is 41.0 Å². The maximum Gasteiger partial charge on any atom is 0.343 e. The first-order chi connectivity index (χ1) is 24.9. The highest BCUT2D eigenvalue weighted by Gasteiger charge is 2.55. The molecule has 2 aliphatic heterocycles. The fourth-order valence-electron chi connectivity index (χ4n) is 8.42. The van der Waals surface area contributed by atoms with E-state index in [1.165, 1.54) is 24.3 Å². The Kier molecular flexibility index (Phi) is 8.88. The van der Waals surface area contributed by atoms with Crippen molar-refractivity contribution in [3.05, 3.63) is 118 Å². The van der Waals surface area contributed by atoms with Crippen molar-refractivity contribution < 1.29 is 33.7 Å². The number of unbranched alkanes of at least 4 members (excludes halogenated alkanes) is 2. The average Bonchev–Trinajstić information content (AvgIpc) is 3.56. The minimum Gasteiger partial charge on any atom is -0.507 e. The highest BCUT2D eigenvalue weighted by Crippen LogP contribution is 2.55. The topological polar surface area (TPSA) is 99.1 Å². The second-order valence-corrected chi connectivity index (χ2v) is 15.2. The molecule has 2 aliphatic carbocycles. The molecule has 7 heteroatoms. The van der Waals surface area contributed by atoms with Crippen LogP contribution < -0.4 is 4.74 Å². The van der Waals surface area contributed by atoms with Crippen molar-refractivity contribution in [1.29, 1.82) is 0 Å². The summed E-state index contributed by atoms with van der Waals surface area (Å²) in [6, 6.07) is 20.7. The van der Waals surface area contributed by atoms with Crippen LogP contribution in [0.4, 0.5) is 0 Å². The number of allylic oxidation sites excluding steroid dienone is 1. The Balaban J connectivity index is 1.30. The maximum absolute atomic E-state index is 13.9. The predicted octanol–water partition coefficient (Wildman–Crippen LogP) is 9.68. The molecular weight excluding hydrogens is 652 g/mol. The van der Waals surface area contributed by atoms with Gasteiger partial charge in [0.15, 0.2) is 11.4 Å². The van der Waals surface area contributed by atoms with Gasteiger partial charge in [-0.15, -0.1) is 0 Å². The quantitative estimate of drug-likeness (QED) is 0.0922. The number of hydrogen-bond acceptors (Lipinski definition) is 7. The number of methoxy groups -OCH3 is 1. The lowest BCUT2D eigenvalue weighted by atomic mass is 9.70. The molecule has 0 radical (unpaired) electrons. The summed E-state index contributed by atoms with van der Waals surface area (Å²) in [5.41, 5.74) is 6.01. The second-order valence-electron chi connectivity index (χ2n) is 15.2. The van der Waals surface area contributed by atoms with Crippen molar-refractivity contribution in [2.75, 3.05) is 7.11 Å². The molecule has 1 N–H and O–H groups in total. The zero-order valence-corrected chi connectivity index (χ0v) is 30.9. The van der Waals surface area contributed by atoms with Crippen molar-refractivity contribution in [3.8, 4) is 28.0 Å². The van der Waals surface area contributed by atoms with Crippen molar-refractivity contribution in [2.45, 2.75) is 96.2 Å². The monoisotopic (exact) mass is 698 g/mol. The zero-order chi connectivity index (χ0) is 37.0. The van der Waals surface area contributed by atoms with Crippen LogP contribution in [-0.2, 0) is 29.3 Å². The van der Waals surface area contributed by atoms with Crippen molar-refractivity contribution in [2.24, 2.45) is 0 Å². The summed E-state index contributed by atoms with van der Waals surface area (Å²) in [6.07, 6.45) is 10.7. The first-order valence-electron chi connectivity index (χ1n) is 18.4. The Bertz CT molecular complexity index is 2120. The molecule has 3 aromatic rings. The molecule has 4 aliphatic rings. The third-order valence-corrected chi connectivity index (χ3v) is 11.2. The van der Waals surface area contributed by atoms with Crippen LogP contribution in [0.25, 0.3) is 28.0 Å². The van der Waals surface area contributed by atoms with E-state index in [-0.39, 0.29) is 22.3 Å². The Morgan fingerprint density at radius 1 is 0.885 bits per heavy atom. The van der Waals surface area contributed by atoms with Crippen LogP contribution in [0.15, 0.2) is 101 Å². The number of ether oxygens (including phenoxy) is 3. The number of rotatable bonds is 11. The molecule has 0 saturated heterocycles. The number of Topliss-reactive ketones (excluding diaryl/α,β-unsaturated/α-hetero) is 1. The van der Waals surface area contributed by atoms with Gasteiger partial charge in [-0.3, -0.25) is 9.59 Å². The zero-order valence-electron chi connectivity index (χ0n) is 30.9. The van der Waals surface area contributed by atoms with Gasteiger partial charge in [0.05, 0.1) is 18.9 Å². The number of carbonyl (C=O) groups excluding carboxylic acids is 3. The smallest absolute Gasteiger partial charge is 0.343 e. The number of aliphatic hydroxyl groups is 1. The summed E-state index contributed by atoms with van der Waals surface area (Å²) in [6.45, 7) is 9.74. The SMILES string of the molecule is CCCCC1(CCCC)c2cc(/C(O)=C/C(=O)C3=C4C=C5CC(C)(C)OC=C5C(=O)C4(C)OC3=O)ccc2-c2ccc(-c3ccc(OC)cc3)cc21. The number of esters is 1. The molecule has 7 rings (SSSR count). The van der Waals surface area contributed by atoms with Crippen LogP contribution in [0, 0.1) is 0 Å². The molecule has 7 nitrogen and oxygen atoms in total. The van der Waals surface area contributed by atoms with Crippen LogP contribution in [0.5, 0.6) is 5.75 Å². The maximum atomic E-state index is 13.9. The summed E-state index contributed by atoms with van der Waals surface area (Å²) in [7, 11) is 1.67. The van der Waals surface area contributed by atoms with E-state index in [4.69, 9.17) is 14.2 Å². The van der Waals surface area contributed by atoms with E-state index in [9.17, 15) is 19.5 Å². The molecule has 1 unspecified atom stereocenters. The molecule has 0 amide bonds. The molecule has 3 aromatic carbocycles. The normalized spacial score (nSPS) is 20.9. The summed E-state index contributed by atoms with van der Waals surface area (Å²) in [5, 5.41) is 11.6. The van der Waals surface area contributed by atoms with E-state index in [1.54, 1.807) is 13.2 Å². The summed E-state index contributed by atoms with van der Waals surface area (Å²) in [5.74, 6) is -1.46. The second kappa shape index (κ2) is 13.1. The van der Waals surface area contributed by atoms with Gasteiger partial charge in [0, 0.05) is 29.0 Å². The van der Waals surface area contributed by atoms with Gasteiger partial charge in [-0.05, 0) is 103 Å². The highest BCUT2D eigenvalue weighted by molar-refractivity contribution is 6.28. The number of carbonyl (C=O) groups is 3.